The van der Waals surface area contributed by atoms with Crippen molar-refractivity contribution in [2.45, 2.75) is 56.2 Å². The van der Waals surface area contributed by atoms with Crippen molar-refractivity contribution in [3.05, 3.63) is 70.9 Å². The molecule has 1 aromatic heterocycles. The van der Waals surface area contributed by atoms with Crippen LogP contribution in [0.3, 0.4) is 0 Å². The molecular formula is C28H31F6N3O5. The maximum atomic E-state index is 11.6. The Balaban J connectivity index is 0.000000289. The molecule has 1 spiro atoms. The summed E-state index contributed by atoms with van der Waals surface area (Å²) in [6, 6.07) is 17.2. The Bertz CT molecular complexity index is 1370. The van der Waals surface area contributed by atoms with Gasteiger partial charge in [0.15, 0.2) is 0 Å². The number of fused-ring (bicyclic) bond motifs is 3. The first kappa shape index (κ1) is 32.9. The third-order valence-corrected chi connectivity index (χ3v) is 7.61. The van der Waals surface area contributed by atoms with E-state index in [0.717, 1.165) is 32.5 Å². The van der Waals surface area contributed by atoms with Crippen LogP contribution in [0, 0.1) is 6.92 Å². The molecular weight excluding hydrogens is 572 g/mol. The average molecular weight is 604 g/mol. The molecule has 2 atom stereocenters. The van der Waals surface area contributed by atoms with Gasteiger partial charge >= 0.3 is 24.3 Å². The van der Waals surface area contributed by atoms with Gasteiger partial charge in [-0.25, -0.2) is 9.59 Å². The predicted molar refractivity (Wildman–Crippen MR) is 141 cm³/mol. The van der Waals surface area contributed by atoms with E-state index in [1.807, 2.05) is 0 Å². The van der Waals surface area contributed by atoms with E-state index < -0.39 is 24.3 Å². The number of carboxylic acid groups (broad SMARTS) is 2. The van der Waals surface area contributed by atoms with Gasteiger partial charge in [-0.15, -0.1) is 0 Å². The number of carbonyl (C=O) groups is 2. The summed E-state index contributed by atoms with van der Waals surface area (Å²) < 4.78 is 63.5. The molecule has 2 aliphatic rings. The van der Waals surface area contributed by atoms with Gasteiger partial charge < -0.3 is 25.6 Å². The Labute approximate surface area is 236 Å². The number of aromatic amines is 1. The van der Waals surface area contributed by atoms with Gasteiger partial charge in [0.2, 0.25) is 0 Å². The van der Waals surface area contributed by atoms with E-state index in [1.165, 1.54) is 33.3 Å². The maximum absolute atomic E-state index is 11.6. The lowest BCUT2D eigenvalue weighted by atomic mass is 9.72. The van der Waals surface area contributed by atoms with Crippen LogP contribution >= 0.6 is 0 Å². The monoisotopic (exact) mass is 603 g/mol. The lowest BCUT2D eigenvalue weighted by Gasteiger charge is -2.40. The van der Waals surface area contributed by atoms with Gasteiger partial charge in [-0.1, -0.05) is 42.5 Å². The van der Waals surface area contributed by atoms with Crippen LogP contribution in [0.4, 0.5) is 26.3 Å². The minimum atomic E-state index is -5.08. The number of nitrogens with one attached hydrogen (secondary N) is 2. The number of likely N-dealkylation sites (N-methyl/N-ethyl adjacent to an activating group) is 1. The first-order chi connectivity index (χ1) is 19.5. The maximum Gasteiger partial charge on any atom is 0.490 e. The number of alkyl halides is 6. The van der Waals surface area contributed by atoms with Crippen molar-refractivity contribution in [3.8, 4) is 0 Å². The quantitative estimate of drug-likeness (QED) is 0.270. The van der Waals surface area contributed by atoms with E-state index in [2.05, 4.69) is 77.7 Å². The van der Waals surface area contributed by atoms with Crippen molar-refractivity contribution >= 4 is 22.8 Å². The van der Waals surface area contributed by atoms with Crippen molar-refractivity contribution in [1.29, 1.82) is 0 Å². The molecule has 2 heterocycles. The molecule has 1 aliphatic heterocycles. The summed E-state index contributed by atoms with van der Waals surface area (Å²) in [7, 11) is 2.15. The van der Waals surface area contributed by atoms with Gasteiger partial charge in [0.1, 0.15) is 0 Å². The number of hydrogen-bond donors (Lipinski definition) is 5. The van der Waals surface area contributed by atoms with Crippen LogP contribution in [0.2, 0.25) is 0 Å². The summed E-state index contributed by atoms with van der Waals surface area (Å²) in [6.45, 7) is 4.94. The van der Waals surface area contributed by atoms with Crippen LogP contribution in [-0.4, -0.2) is 75.7 Å². The second kappa shape index (κ2) is 12.7. The number of H-pyrrole nitrogens is 1. The number of piperidine rings is 1. The molecule has 1 saturated heterocycles. The minimum Gasteiger partial charge on any atom is -0.475 e. The first-order valence-corrected chi connectivity index (χ1v) is 12.9. The Morgan fingerprint density at radius 2 is 1.43 bits per heavy atom. The zero-order valence-electron chi connectivity index (χ0n) is 22.7. The molecule has 1 fully saturated rings. The van der Waals surface area contributed by atoms with Crippen molar-refractivity contribution in [2.75, 3.05) is 20.1 Å². The number of aliphatic carboxylic acids is 2. The fourth-order valence-electron chi connectivity index (χ4n) is 5.60. The van der Waals surface area contributed by atoms with Crippen LogP contribution in [-0.2, 0) is 21.5 Å². The SMILES string of the molecule is Cc1c(CN(C)[C@@H]2c3ccccc3C3(CCNCC3)[C@H]2O)[nH]c2ccccc12.O=C(O)C(F)(F)F.O=C(O)C(F)(F)F. The number of nitrogens with zero attached hydrogens (tertiary/aromatic N) is 1. The molecule has 1 aliphatic carbocycles. The van der Waals surface area contributed by atoms with Crippen molar-refractivity contribution in [1.82, 2.24) is 15.2 Å². The van der Waals surface area contributed by atoms with Gasteiger partial charge in [0.05, 0.1) is 12.1 Å². The molecule has 2 aromatic carbocycles. The normalized spacial score (nSPS) is 19.5. The Hall–Kier alpha value is -3.62. The summed E-state index contributed by atoms with van der Waals surface area (Å²) in [5.41, 5.74) is 6.27. The molecule has 8 nitrogen and oxygen atoms in total. The summed E-state index contributed by atoms with van der Waals surface area (Å²) in [5.74, 6) is -5.51. The minimum absolute atomic E-state index is 0.0279. The highest BCUT2D eigenvalue weighted by Gasteiger charge is 2.52. The standard InChI is InChI=1S/C24H29N3O.2C2HF3O2/c1-16-17-7-4-6-10-20(17)26-21(16)15-27(2)22-18-8-3-5-9-19(18)24(23(22)28)11-13-25-14-12-24;2*3-2(4,5)1(6)7/h3-10,22-23,25-26,28H,11-15H2,1-2H3;2*(H,6,7)/t22-,23+;;/m1../s1. The Kier molecular flexibility index (Phi) is 9.96. The zero-order valence-corrected chi connectivity index (χ0v) is 22.7. The van der Waals surface area contributed by atoms with Crippen LogP contribution < -0.4 is 5.32 Å². The molecule has 5 rings (SSSR count). The molecule has 5 N–H and O–H groups in total. The number of hydrogen-bond acceptors (Lipinski definition) is 5. The fourth-order valence-corrected chi connectivity index (χ4v) is 5.60. The first-order valence-electron chi connectivity index (χ1n) is 12.9. The highest BCUT2D eigenvalue weighted by Crippen LogP contribution is 2.52. The lowest BCUT2D eigenvalue weighted by molar-refractivity contribution is -0.193. The van der Waals surface area contributed by atoms with E-state index in [4.69, 9.17) is 19.8 Å². The van der Waals surface area contributed by atoms with E-state index in [1.54, 1.807) is 0 Å². The number of aliphatic hydroxyl groups excluding tert-OH is 1. The fraction of sp³-hybridized carbons (Fsp3) is 0.429. The molecule has 0 amide bonds. The number of halogens is 6. The Morgan fingerprint density at radius 3 is 1.95 bits per heavy atom. The van der Waals surface area contributed by atoms with Crippen molar-refractivity contribution in [2.24, 2.45) is 0 Å². The van der Waals surface area contributed by atoms with Crippen molar-refractivity contribution in [3.63, 3.8) is 0 Å². The summed E-state index contributed by atoms with van der Waals surface area (Å²) in [4.78, 5) is 23.7. The second-order valence-electron chi connectivity index (χ2n) is 10.2. The van der Waals surface area contributed by atoms with Gasteiger partial charge in [0, 0.05) is 28.6 Å². The predicted octanol–water partition coefficient (Wildman–Crippen LogP) is 4.91. The van der Waals surface area contributed by atoms with Crippen LogP contribution in [0.1, 0.15) is 41.3 Å². The molecule has 230 valence electrons. The lowest BCUT2D eigenvalue weighted by Crippen LogP contribution is -2.48. The molecule has 0 bridgehead atoms. The number of carboxylic acids is 2. The number of benzene rings is 2. The molecule has 14 heteroatoms. The Morgan fingerprint density at radius 1 is 0.929 bits per heavy atom. The van der Waals surface area contributed by atoms with Crippen molar-refractivity contribution < 1.29 is 51.3 Å². The van der Waals surface area contributed by atoms with Gasteiger partial charge in [0.25, 0.3) is 0 Å². The van der Waals surface area contributed by atoms with E-state index in [9.17, 15) is 31.4 Å². The molecule has 0 radical (unpaired) electrons. The van der Waals surface area contributed by atoms with Crippen LogP contribution in [0.25, 0.3) is 10.9 Å². The average Bonchev–Trinajstić information content (AvgIpc) is 3.35. The van der Waals surface area contributed by atoms with E-state index in [-0.39, 0.29) is 17.6 Å². The highest BCUT2D eigenvalue weighted by molar-refractivity contribution is 5.84. The van der Waals surface area contributed by atoms with E-state index >= 15 is 0 Å². The number of aryl methyl sites for hydroxylation is 1. The van der Waals surface area contributed by atoms with Crippen LogP contribution in [0.5, 0.6) is 0 Å². The third-order valence-electron chi connectivity index (χ3n) is 7.61. The van der Waals surface area contributed by atoms with Gasteiger partial charge in [-0.05, 0) is 62.7 Å². The molecule has 0 saturated carbocycles. The number of rotatable bonds is 3. The van der Waals surface area contributed by atoms with Gasteiger partial charge in [-0.3, -0.25) is 4.90 Å². The number of para-hydroxylation sites is 1. The second-order valence-corrected chi connectivity index (χ2v) is 10.2. The molecule has 3 aromatic rings. The summed E-state index contributed by atoms with van der Waals surface area (Å²) >= 11 is 0. The highest BCUT2D eigenvalue weighted by atomic mass is 19.4. The largest absolute Gasteiger partial charge is 0.490 e. The zero-order chi connectivity index (χ0) is 31.5. The van der Waals surface area contributed by atoms with E-state index in [0.29, 0.717) is 0 Å². The molecule has 0 unspecified atom stereocenters. The van der Waals surface area contributed by atoms with Gasteiger partial charge in [-0.2, -0.15) is 26.3 Å². The topological polar surface area (TPSA) is 126 Å². The van der Waals surface area contributed by atoms with Crippen LogP contribution in [0.15, 0.2) is 48.5 Å². The third kappa shape index (κ3) is 7.05. The number of aromatic nitrogens is 1. The smallest absolute Gasteiger partial charge is 0.475 e. The summed E-state index contributed by atoms with van der Waals surface area (Å²) in [6.07, 6.45) is -8.54. The summed E-state index contributed by atoms with van der Waals surface area (Å²) in [5, 5.41) is 30.6. The number of aliphatic hydroxyl groups is 1. The molecule has 42 heavy (non-hydrogen) atoms.